The number of rotatable bonds is 4. The molecular formula is C17H17N3O3S. The summed E-state index contributed by atoms with van der Waals surface area (Å²) in [6.45, 7) is 2.25. The van der Waals surface area contributed by atoms with E-state index in [0.717, 1.165) is 11.1 Å². The third-order valence-corrected chi connectivity index (χ3v) is 5.18. The van der Waals surface area contributed by atoms with Crippen molar-refractivity contribution in [1.29, 1.82) is 0 Å². The number of carbonyl (C=O) groups is 1. The predicted molar refractivity (Wildman–Crippen MR) is 91.2 cm³/mol. The average Bonchev–Trinajstić information content (AvgIpc) is 2.83. The average molecular weight is 343 g/mol. The largest absolute Gasteiger partial charge is 0.350 e. The highest BCUT2D eigenvalue weighted by molar-refractivity contribution is 7.90. The number of nitrogens with one attached hydrogen (secondary N) is 2. The van der Waals surface area contributed by atoms with Crippen molar-refractivity contribution in [3.8, 4) is 0 Å². The van der Waals surface area contributed by atoms with Crippen LogP contribution in [0.2, 0.25) is 0 Å². The van der Waals surface area contributed by atoms with Crippen LogP contribution in [0.25, 0.3) is 0 Å². The van der Waals surface area contributed by atoms with Gasteiger partial charge in [-0.15, -0.1) is 0 Å². The van der Waals surface area contributed by atoms with Gasteiger partial charge in [-0.3, -0.25) is 14.5 Å². The maximum atomic E-state index is 12.0. The van der Waals surface area contributed by atoms with Gasteiger partial charge in [0.1, 0.15) is 12.4 Å². The molecule has 24 heavy (non-hydrogen) atoms. The summed E-state index contributed by atoms with van der Waals surface area (Å²) in [4.78, 5) is 16.3. The summed E-state index contributed by atoms with van der Waals surface area (Å²) >= 11 is 0. The van der Waals surface area contributed by atoms with Crippen molar-refractivity contribution in [2.24, 2.45) is 4.99 Å². The first-order valence-electron chi connectivity index (χ1n) is 7.45. The van der Waals surface area contributed by atoms with Gasteiger partial charge in [-0.1, -0.05) is 36.4 Å². The third kappa shape index (κ3) is 3.30. The van der Waals surface area contributed by atoms with E-state index in [1.54, 1.807) is 18.2 Å². The molecule has 0 bridgehead atoms. The van der Waals surface area contributed by atoms with Gasteiger partial charge in [-0.2, -0.15) is 0 Å². The maximum absolute atomic E-state index is 12.0. The van der Waals surface area contributed by atoms with Crippen LogP contribution in [0.3, 0.4) is 0 Å². The van der Waals surface area contributed by atoms with Crippen molar-refractivity contribution in [2.45, 2.75) is 18.4 Å². The molecule has 3 rings (SSSR count). The number of fused-ring (bicyclic) bond motifs is 1. The lowest BCUT2D eigenvalue weighted by molar-refractivity contribution is -0.119. The monoisotopic (exact) mass is 343 g/mol. The Morgan fingerprint density at radius 1 is 1.12 bits per heavy atom. The number of nitrogens with zero attached hydrogens (tertiary/aromatic N) is 1. The fraction of sp³-hybridized carbons (Fsp3) is 0.176. The summed E-state index contributed by atoms with van der Waals surface area (Å²) in [5.41, 5.74) is 2.62. The lowest BCUT2D eigenvalue weighted by Gasteiger charge is -2.07. The van der Waals surface area contributed by atoms with E-state index in [9.17, 15) is 13.2 Å². The van der Waals surface area contributed by atoms with Crippen LogP contribution >= 0.6 is 0 Å². The van der Waals surface area contributed by atoms with Crippen molar-refractivity contribution < 1.29 is 13.2 Å². The molecule has 6 nitrogen and oxygen atoms in total. The van der Waals surface area contributed by atoms with Crippen LogP contribution in [-0.2, 0) is 21.4 Å². The number of sulfonamides is 1. The molecule has 2 aromatic carbocycles. The Morgan fingerprint density at radius 2 is 1.83 bits per heavy atom. The van der Waals surface area contributed by atoms with Crippen LogP contribution in [0.1, 0.15) is 16.7 Å². The van der Waals surface area contributed by atoms with E-state index in [1.165, 1.54) is 6.07 Å². The van der Waals surface area contributed by atoms with Gasteiger partial charge in [0.15, 0.2) is 0 Å². The Kier molecular flexibility index (Phi) is 4.35. The van der Waals surface area contributed by atoms with Crippen molar-refractivity contribution in [3.05, 3.63) is 65.2 Å². The zero-order chi connectivity index (χ0) is 17.2. The minimum absolute atomic E-state index is 0.141. The van der Waals surface area contributed by atoms with Gasteiger partial charge in [-0.05, 0) is 30.2 Å². The standard InChI is InChI=1S/C17H17N3O3S/c1-12-6-2-3-7-13(12)10-18-16(21)11-19-17-14-8-4-5-9-15(14)24(22,23)20-17/h2-9H,10-11H2,1H3,(H,18,21)(H,19,20). The van der Waals surface area contributed by atoms with E-state index in [4.69, 9.17) is 0 Å². The third-order valence-electron chi connectivity index (χ3n) is 3.78. The summed E-state index contributed by atoms with van der Waals surface area (Å²) in [5, 5.41) is 2.79. The normalized spacial score (nSPS) is 16.5. The molecule has 124 valence electrons. The molecule has 0 unspecified atom stereocenters. The van der Waals surface area contributed by atoms with E-state index in [-0.39, 0.29) is 23.2 Å². The molecule has 1 aliphatic rings. The highest BCUT2D eigenvalue weighted by Gasteiger charge is 2.30. The Labute approximate surface area is 140 Å². The first-order valence-corrected chi connectivity index (χ1v) is 8.93. The molecule has 0 fully saturated rings. The fourth-order valence-electron chi connectivity index (χ4n) is 2.46. The SMILES string of the molecule is Cc1ccccc1CNC(=O)CN=C1NS(=O)(=O)c2ccccc21. The first kappa shape index (κ1) is 16.2. The number of hydrogen-bond donors (Lipinski definition) is 2. The molecule has 0 saturated carbocycles. The number of amidine groups is 1. The highest BCUT2D eigenvalue weighted by atomic mass is 32.2. The Bertz CT molecular complexity index is 920. The second-order valence-corrected chi connectivity index (χ2v) is 7.12. The number of aliphatic imine (C=N–C) groups is 1. The Morgan fingerprint density at radius 3 is 2.62 bits per heavy atom. The van der Waals surface area contributed by atoms with Crippen LogP contribution in [0.5, 0.6) is 0 Å². The van der Waals surface area contributed by atoms with Crippen molar-refractivity contribution >= 4 is 21.8 Å². The molecule has 0 saturated heterocycles. The number of hydrogen-bond acceptors (Lipinski definition) is 4. The molecule has 7 heteroatoms. The number of amides is 1. The minimum Gasteiger partial charge on any atom is -0.350 e. The second-order valence-electron chi connectivity index (χ2n) is 5.47. The minimum atomic E-state index is -3.58. The fourth-order valence-corrected chi connectivity index (χ4v) is 3.71. The van der Waals surface area contributed by atoms with E-state index < -0.39 is 10.0 Å². The van der Waals surface area contributed by atoms with Gasteiger partial charge in [-0.25, -0.2) is 8.42 Å². The molecule has 1 aliphatic heterocycles. The summed E-state index contributed by atoms with van der Waals surface area (Å²) in [6.07, 6.45) is 0. The second kappa shape index (κ2) is 6.45. The van der Waals surface area contributed by atoms with Crippen molar-refractivity contribution in [2.75, 3.05) is 6.54 Å². The number of benzene rings is 2. The van der Waals surface area contributed by atoms with E-state index in [2.05, 4.69) is 15.0 Å². The van der Waals surface area contributed by atoms with Gasteiger partial charge < -0.3 is 5.32 Å². The molecule has 0 aliphatic carbocycles. The molecule has 0 spiro atoms. The molecule has 0 aromatic heterocycles. The topological polar surface area (TPSA) is 87.6 Å². The lowest BCUT2D eigenvalue weighted by Crippen LogP contribution is -2.28. The molecule has 2 N–H and O–H groups in total. The summed E-state index contributed by atoms with van der Waals surface area (Å²) in [5.74, 6) is -0.0639. The lowest BCUT2D eigenvalue weighted by atomic mass is 10.1. The van der Waals surface area contributed by atoms with E-state index in [0.29, 0.717) is 12.1 Å². The number of carbonyl (C=O) groups excluding carboxylic acids is 1. The van der Waals surface area contributed by atoms with Crippen LogP contribution < -0.4 is 10.0 Å². The van der Waals surface area contributed by atoms with Gasteiger partial charge in [0.25, 0.3) is 10.0 Å². The first-order chi connectivity index (χ1) is 11.5. The molecule has 2 aromatic rings. The molecule has 0 atom stereocenters. The van der Waals surface area contributed by atoms with Crippen LogP contribution in [0.4, 0.5) is 0 Å². The van der Waals surface area contributed by atoms with Crippen molar-refractivity contribution in [1.82, 2.24) is 10.0 Å². The quantitative estimate of drug-likeness (QED) is 0.878. The van der Waals surface area contributed by atoms with Crippen molar-refractivity contribution in [3.63, 3.8) is 0 Å². The highest BCUT2D eigenvalue weighted by Crippen LogP contribution is 2.21. The summed E-state index contributed by atoms with van der Waals surface area (Å²) in [7, 11) is -3.58. The summed E-state index contributed by atoms with van der Waals surface area (Å²) in [6, 6.07) is 14.3. The Hall–Kier alpha value is -2.67. The number of aryl methyl sites for hydroxylation is 1. The molecule has 0 radical (unpaired) electrons. The van der Waals surface area contributed by atoms with Crippen LogP contribution in [0, 0.1) is 6.92 Å². The van der Waals surface area contributed by atoms with Crippen LogP contribution in [0.15, 0.2) is 58.4 Å². The molecule has 1 amide bonds. The molecular weight excluding hydrogens is 326 g/mol. The van der Waals surface area contributed by atoms with E-state index >= 15 is 0 Å². The smallest absolute Gasteiger partial charge is 0.263 e. The molecule has 1 heterocycles. The van der Waals surface area contributed by atoms with Gasteiger partial charge >= 0.3 is 0 Å². The van der Waals surface area contributed by atoms with E-state index in [1.807, 2.05) is 31.2 Å². The van der Waals surface area contributed by atoms with Crippen LogP contribution in [-0.4, -0.2) is 26.7 Å². The maximum Gasteiger partial charge on any atom is 0.263 e. The Balaban J connectivity index is 1.66. The predicted octanol–water partition coefficient (Wildman–Crippen LogP) is 1.35. The summed E-state index contributed by atoms with van der Waals surface area (Å²) < 4.78 is 26.3. The van der Waals surface area contributed by atoms with Gasteiger partial charge in [0.05, 0.1) is 4.90 Å². The zero-order valence-corrected chi connectivity index (χ0v) is 13.9. The van der Waals surface area contributed by atoms with Gasteiger partial charge in [0.2, 0.25) is 5.91 Å². The zero-order valence-electron chi connectivity index (χ0n) is 13.1. The van der Waals surface area contributed by atoms with Gasteiger partial charge in [0, 0.05) is 12.1 Å².